The molecule has 5 nitrogen and oxygen atoms in total. The van der Waals surface area contributed by atoms with Crippen molar-refractivity contribution in [3.63, 3.8) is 0 Å². The molecular weight excluding hydrogens is 320 g/mol. The summed E-state index contributed by atoms with van der Waals surface area (Å²) < 4.78 is 6.31. The van der Waals surface area contributed by atoms with Crippen LogP contribution in [-0.2, 0) is 6.42 Å². The van der Waals surface area contributed by atoms with Crippen LogP contribution in [-0.4, -0.2) is 30.7 Å². The van der Waals surface area contributed by atoms with Gasteiger partial charge in [-0.2, -0.15) is 0 Å². The van der Waals surface area contributed by atoms with Crippen molar-refractivity contribution in [2.45, 2.75) is 6.42 Å². The maximum Gasteiger partial charge on any atom is 0.142 e. The summed E-state index contributed by atoms with van der Waals surface area (Å²) in [7, 11) is 3.56. The zero-order chi connectivity index (χ0) is 14.4. The molecule has 0 spiro atoms. The number of nitrogens with one attached hydrogen (secondary N) is 2. The summed E-state index contributed by atoms with van der Waals surface area (Å²) in [4.78, 5) is 8.72. The van der Waals surface area contributed by atoms with Crippen molar-refractivity contribution in [3.8, 4) is 5.75 Å². The van der Waals surface area contributed by atoms with Gasteiger partial charge in [0.1, 0.15) is 17.4 Å². The van der Waals surface area contributed by atoms with Crippen molar-refractivity contribution < 1.29 is 4.74 Å². The molecule has 2 rings (SSSR count). The SMILES string of the molecule is CNCCc1nccc(Nc2cc(Br)ccc2OC)n1. The molecule has 0 amide bonds. The van der Waals surface area contributed by atoms with Crippen LogP contribution in [0.1, 0.15) is 5.82 Å². The number of halogens is 1. The van der Waals surface area contributed by atoms with Gasteiger partial charge in [-0.25, -0.2) is 9.97 Å². The Hall–Kier alpha value is -1.66. The molecule has 106 valence electrons. The molecule has 1 aromatic carbocycles. The summed E-state index contributed by atoms with van der Waals surface area (Å²) in [5.41, 5.74) is 0.861. The van der Waals surface area contributed by atoms with Gasteiger partial charge in [-0.1, -0.05) is 15.9 Å². The fourth-order valence-electron chi connectivity index (χ4n) is 1.74. The average Bonchev–Trinajstić information content (AvgIpc) is 2.46. The third-order valence-electron chi connectivity index (χ3n) is 2.73. The van der Waals surface area contributed by atoms with Crippen LogP contribution in [0.15, 0.2) is 34.9 Å². The minimum Gasteiger partial charge on any atom is -0.495 e. The van der Waals surface area contributed by atoms with Crippen LogP contribution in [0.4, 0.5) is 11.5 Å². The number of methoxy groups -OCH3 is 1. The molecule has 0 saturated carbocycles. The lowest BCUT2D eigenvalue weighted by atomic mass is 10.3. The molecular formula is C14H17BrN4O. The van der Waals surface area contributed by atoms with E-state index in [0.717, 1.165) is 40.5 Å². The van der Waals surface area contributed by atoms with E-state index in [9.17, 15) is 0 Å². The highest BCUT2D eigenvalue weighted by molar-refractivity contribution is 9.10. The van der Waals surface area contributed by atoms with E-state index >= 15 is 0 Å². The Morgan fingerprint density at radius 2 is 2.15 bits per heavy atom. The number of rotatable bonds is 6. The third-order valence-corrected chi connectivity index (χ3v) is 3.22. The molecule has 6 heteroatoms. The van der Waals surface area contributed by atoms with Crippen molar-refractivity contribution in [1.82, 2.24) is 15.3 Å². The molecule has 2 N–H and O–H groups in total. The lowest BCUT2D eigenvalue weighted by Gasteiger charge is -2.11. The molecule has 20 heavy (non-hydrogen) atoms. The molecule has 0 aliphatic rings. The van der Waals surface area contributed by atoms with E-state index in [-0.39, 0.29) is 0 Å². The number of likely N-dealkylation sites (N-methyl/N-ethyl adjacent to an activating group) is 1. The number of ether oxygens (including phenoxy) is 1. The minimum atomic E-state index is 0.752. The Morgan fingerprint density at radius 1 is 1.30 bits per heavy atom. The molecule has 0 bridgehead atoms. The Balaban J connectivity index is 2.19. The van der Waals surface area contributed by atoms with Gasteiger partial charge in [0.2, 0.25) is 0 Å². The van der Waals surface area contributed by atoms with E-state index in [0.29, 0.717) is 0 Å². The van der Waals surface area contributed by atoms with Crippen LogP contribution in [0.2, 0.25) is 0 Å². The second kappa shape index (κ2) is 7.21. The highest BCUT2D eigenvalue weighted by atomic mass is 79.9. The predicted octanol–water partition coefficient (Wildman–Crippen LogP) is 2.75. The van der Waals surface area contributed by atoms with E-state index in [1.54, 1.807) is 13.3 Å². The van der Waals surface area contributed by atoms with Gasteiger partial charge in [-0.05, 0) is 31.3 Å². The van der Waals surface area contributed by atoms with Gasteiger partial charge in [-0.3, -0.25) is 0 Å². The molecule has 1 heterocycles. The molecule has 0 fully saturated rings. The lowest BCUT2D eigenvalue weighted by molar-refractivity contribution is 0.416. The van der Waals surface area contributed by atoms with Crippen LogP contribution in [0, 0.1) is 0 Å². The van der Waals surface area contributed by atoms with Gasteiger partial charge >= 0.3 is 0 Å². The first-order chi connectivity index (χ1) is 9.72. The first kappa shape index (κ1) is 14.7. The fourth-order valence-corrected chi connectivity index (χ4v) is 2.10. The molecule has 2 aromatic rings. The van der Waals surface area contributed by atoms with E-state index in [1.807, 2.05) is 31.3 Å². The number of aromatic nitrogens is 2. The minimum absolute atomic E-state index is 0.752. The number of nitrogens with zero attached hydrogens (tertiary/aromatic N) is 2. The summed E-state index contributed by atoms with van der Waals surface area (Å²) in [6.45, 7) is 0.851. The van der Waals surface area contributed by atoms with E-state index in [4.69, 9.17) is 4.74 Å². The van der Waals surface area contributed by atoms with Crippen molar-refractivity contribution in [2.75, 3.05) is 26.0 Å². The van der Waals surface area contributed by atoms with E-state index in [2.05, 4.69) is 36.5 Å². The van der Waals surface area contributed by atoms with Crippen LogP contribution in [0.25, 0.3) is 0 Å². The number of hydrogen-bond donors (Lipinski definition) is 2. The van der Waals surface area contributed by atoms with Crippen molar-refractivity contribution in [2.24, 2.45) is 0 Å². The summed E-state index contributed by atoms with van der Waals surface area (Å²) in [6.07, 6.45) is 2.55. The number of hydrogen-bond acceptors (Lipinski definition) is 5. The lowest BCUT2D eigenvalue weighted by Crippen LogP contribution is -2.12. The van der Waals surface area contributed by atoms with E-state index < -0.39 is 0 Å². The Kier molecular flexibility index (Phi) is 5.31. The smallest absolute Gasteiger partial charge is 0.142 e. The van der Waals surface area contributed by atoms with E-state index in [1.165, 1.54) is 0 Å². The molecule has 0 atom stereocenters. The maximum atomic E-state index is 5.33. The monoisotopic (exact) mass is 336 g/mol. The molecule has 0 unspecified atom stereocenters. The molecule has 0 aliphatic heterocycles. The standard InChI is InChI=1S/C14H17BrN4O/c1-16-7-5-13-17-8-6-14(19-13)18-11-9-10(15)3-4-12(11)20-2/h3-4,6,8-9,16H,5,7H2,1-2H3,(H,17,18,19). The molecule has 1 aromatic heterocycles. The zero-order valence-corrected chi connectivity index (χ0v) is 13.1. The van der Waals surface area contributed by atoms with Crippen molar-refractivity contribution in [1.29, 1.82) is 0 Å². The average molecular weight is 337 g/mol. The summed E-state index contributed by atoms with van der Waals surface area (Å²) in [5, 5.41) is 6.34. The van der Waals surface area contributed by atoms with Gasteiger partial charge in [0, 0.05) is 23.6 Å². The number of benzene rings is 1. The van der Waals surface area contributed by atoms with Gasteiger partial charge < -0.3 is 15.4 Å². The highest BCUT2D eigenvalue weighted by Crippen LogP contribution is 2.29. The number of anilines is 2. The zero-order valence-electron chi connectivity index (χ0n) is 11.5. The fraction of sp³-hybridized carbons (Fsp3) is 0.286. The van der Waals surface area contributed by atoms with Crippen LogP contribution < -0.4 is 15.4 Å². The quantitative estimate of drug-likeness (QED) is 0.849. The van der Waals surface area contributed by atoms with Crippen LogP contribution in [0.3, 0.4) is 0 Å². The van der Waals surface area contributed by atoms with Crippen molar-refractivity contribution >= 4 is 27.4 Å². The third kappa shape index (κ3) is 3.91. The summed E-state index contributed by atoms with van der Waals surface area (Å²) in [6, 6.07) is 7.62. The molecule has 0 radical (unpaired) electrons. The topological polar surface area (TPSA) is 59.1 Å². The van der Waals surface area contributed by atoms with Gasteiger partial charge in [-0.15, -0.1) is 0 Å². The first-order valence-electron chi connectivity index (χ1n) is 6.30. The molecule has 0 saturated heterocycles. The predicted molar refractivity (Wildman–Crippen MR) is 83.6 cm³/mol. The highest BCUT2D eigenvalue weighted by Gasteiger charge is 2.06. The second-order valence-corrected chi connectivity index (χ2v) is 5.10. The maximum absolute atomic E-state index is 5.33. The largest absolute Gasteiger partial charge is 0.495 e. The first-order valence-corrected chi connectivity index (χ1v) is 7.09. The Morgan fingerprint density at radius 3 is 2.90 bits per heavy atom. The van der Waals surface area contributed by atoms with Crippen LogP contribution >= 0.6 is 15.9 Å². The normalized spacial score (nSPS) is 10.3. The van der Waals surface area contributed by atoms with Gasteiger partial charge in [0.05, 0.1) is 12.8 Å². The molecule has 0 aliphatic carbocycles. The second-order valence-electron chi connectivity index (χ2n) is 4.18. The Bertz CT molecular complexity index is 577. The Labute approximate surface area is 126 Å². The van der Waals surface area contributed by atoms with Crippen LogP contribution in [0.5, 0.6) is 5.75 Å². The summed E-state index contributed by atoms with van der Waals surface area (Å²) >= 11 is 3.45. The van der Waals surface area contributed by atoms with Gasteiger partial charge in [0.15, 0.2) is 0 Å². The van der Waals surface area contributed by atoms with Gasteiger partial charge in [0.25, 0.3) is 0 Å². The summed E-state index contributed by atoms with van der Waals surface area (Å²) in [5.74, 6) is 2.32. The van der Waals surface area contributed by atoms with Crippen molar-refractivity contribution in [3.05, 3.63) is 40.8 Å².